The van der Waals surface area contributed by atoms with E-state index in [1.54, 1.807) is 20.8 Å². The fourth-order valence-electron chi connectivity index (χ4n) is 1.52. The van der Waals surface area contributed by atoms with Gasteiger partial charge in [0, 0.05) is 6.04 Å². The molecule has 0 aromatic carbocycles. The van der Waals surface area contributed by atoms with Gasteiger partial charge < -0.3 is 15.4 Å². The van der Waals surface area contributed by atoms with Crippen molar-refractivity contribution in [1.29, 1.82) is 0 Å². The Morgan fingerprint density at radius 3 is 2.57 bits per heavy atom. The molecule has 0 saturated heterocycles. The average molecular weight is 320 g/mol. The Morgan fingerprint density at radius 1 is 1.38 bits per heavy atom. The second kappa shape index (κ2) is 7.17. The van der Waals surface area contributed by atoms with Crippen LogP contribution in [0.3, 0.4) is 0 Å². The van der Waals surface area contributed by atoms with Crippen LogP contribution in [0.15, 0.2) is 16.8 Å². The van der Waals surface area contributed by atoms with E-state index >= 15 is 0 Å². The number of amides is 1. The van der Waals surface area contributed by atoms with Gasteiger partial charge in [0.2, 0.25) is 0 Å². The fraction of sp³-hybridized carbons (Fsp3) is 0.643. The molecule has 0 aliphatic carbocycles. The number of carbonyl (C=O) groups excluding carboxylic acids is 1. The Balaban J connectivity index is 2.35. The SMILES string of the molecule is CC(NCC(F)(F)CNC(=O)OC(C)(C)C)c1ccsc1. The number of ether oxygens (including phenoxy) is 1. The second-order valence-electron chi connectivity index (χ2n) is 5.87. The summed E-state index contributed by atoms with van der Waals surface area (Å²) in [6.07, 6.45) is -0.840. The third-order valence-corrected chi connectivity index (χ3v) is 3.30. The zero-order valence-corrected chi connectivity index (χ0v) is 13.5. The van der Waals surface area contributed by atoms with E-state index in [0.717, 1.165) is 5.56 Å². The highest BCUT2D eigenvalue weighted by atomic mass is 32.1. The third kappa shape index (κ3) is 7.38. The van der Waals surface area contributed by atoms with Crippen molar-refractivity contribution in [1.82, 2.24) is 10.6 Å². The minimum atomic E-state index is -3.04. The zero-order valence-electron chi connectivity index (χ0n) is 12.7. The third-order valence-electron chi connectivity index (χ3n) is 2.60. The van der Waals surface area contributed by atoms with Crippen LogP contribution in [0.5, 0.6) is 0 Å². The zero-order chi connectivity index (χ0) is 16.1. The summed E-state index contributed by atoms with van der Waals surface area (Å²) >= 11 is 1.52. The maximum absolute atomic E-state index is 13.7. The summed E-state index contributed by atoms with van der Waals surface area (Å²) in [5.74, 6) is -3.04. The van der Waals surface area contributed by atoms with Crippen molar-refractivity contribution < 1.29 is 18.3 Å². The van der Waals surface area contributed by atoms with Gasteiger partial charge in [-0.2, -0.15) is 11.3 Å². The molecule has 1 atom stereocenters. The van der Waals surface area contributed by atoms with Crippen molar-refractivity contribution in [3.63, 3.8) is 0 Å². The number of halogens is 2. The first-order chi connectivity index (χ1) is 9.59. The van der Waals surface area contributed by atoms with Crippen LogP contribution in [0.4, 0.5) is 13.6 Å². The molecule has 0 aliphatic heterocycles. The predicted molar refractivity (Wildman–Crippen MR) is 79.9 cm³/mol. The minimum Gasteiger partial charge on any atom is -0.444 e. The Labute approximate surface area is 127 Å². The molecule has 0 aliphatic rings. The average Bonchev–Trinajstić information content (AvgIpc) is 2.85. The number of rotatable bonds is 6. The molecule has 1 rings (SSSR count). The lowest BCUT2D eigenvalue weighted by atomic mass is 10.2. The normalized spacial score (nSPS) is 13.8. The molecule has 0 saturated carbocycles. The Hall–Kier alpha value is -1.21. The molecule has 0 bridgehead atoms. The van der Waals surface area contributed by atoms with Gasteiger partial charge in [-0.3, -0.25) is 0 Å². The molecule has 7 heteroatoms. The van der Waals surface area contributed by atoms with Crippen molar-refractivity contribution in [3.05, 3.63) is 22.4 Å². The first-order valence-electron chi connectivity index (χ1n) is 6.69. The molecule has 21 heavy (non-hydrogen) atoms. The van der Waals surface area contributed by atoms with Crippen molar-refractivity contribution in [2.75, 3.05) is 13.1 Å². The van der Waals surface area contributed by atoms with Crippen molar-refractivity contribution in [2.45, 2.75) is 45.3 Å². The van der Waals surface area contributed by atoms with E-state index in [1.807, 2.05) is 23.8 Å². The molecular formula is C14H22F2N2O2S. The maximum atomic E-state index is 13.7. The number of thiophene rings is 1. The summed E-state index contributed by atoms with van der Waals surface area (Å²) in [5, 5.41) is 8.66. The minimum absolute atomic E-state index is 0.163. The molecule has 1 amide bonds. The lowest BCUT2D eigenvalue weighted by molar-refractivity contribution is -0.00524. The van der Waals surface area contributed by atoms with Crippen molar-refractivity contribution in [2.24, 2.45) is 0 Å². The lowest BCUT2D eigenvalue weighted by Gasteiger charge is -2.23. The maximum Gasteiger partial charge on any atom is 0.407 e. The molecule has 4 nitrogen and oxygen atoms in total. The second-order valence-corrected chi connectivity index (χ2v) is 6.65. The lowest BCUT2D eigenvalue weighted by Crippen LogP contribution is -2.45. The van der Waals surface area contributed by atoms with E-state index in [9.17, 15) is 13.6 Å². The smallest absolute Gasteiger partial charge is 0.407 e. The molecule has 120 valence electrons. The summed E-state index contributed by atoms with van der Waals surface area (Å²) in [6.45, 7) is 5.57. The first kappa shape index (κ1) is 17.8. The molecule has 1 unspecified atom stereocenters. The van der Waals surface area contributed by atoms with Gasteiger partial charge in [-0.15, -0.1) is 0 Å². The molecular weight excluding hydrogens is 298 g/mol. The van der Waals surface area contributed by atoms with Gasteiger partial charge in [0.05, 0.1) is 13.1 Å². The van der Waals surface area contributed by atoms with E-state index < -0.39 is 30.7 Å². The van der Waals surface area contributed by atoms with Crippen LogP contribution in [-0.4, -0.2) is 30.7 Å². The highest BCUT2D eigenvalue weighted by molar-refractivity contribution is 7.07. The molecule has 0 spiro atoms. The van der Waals surface area contributed by atoms with E-state index in [0.29, 0.717) is 0 Å². The van der Waals surface area contributed by atoms with E-state index in [2.05, 4.69) is 10.6 Å². The monoisotopic (exact) mass is 320 g/mol. The van der Waals surface area contributed by atoms with Gasteiger partial charge in [0.1, 0.15) is 5.60 Å². The van der Waals surface area contributed by atoms with Crippen LogP contribution in [0, 0.1) is 0 Å². The number of hydrogen-bond donors (Lipinski definition) is 2. The number of alkyl halides is 2. The number of nitrogens with one attached hydrogen (secondary N) is 2. The summed E-state index contributed by atoms with van der Waals surface area (Å²) in [6, 6.07) is 1.73. The molecule has 1 aromatic rings. The predicted octanol–water partition coefficient (Wildman–Crippen LogP) is 3.56. The van der Waals surface area contributed by atoms with Gasteiger partial charge in [0.25, 0.3) is 5.92 Å². The van der Waals surface area contributed by atoms with Crippen LogP contribution in [-0.2, 0) is 4.74 Å². The Bertz CT molecular complexity index is 444. The highest BCUT2D eigenvalue weighted by Gasteiger charge is 2.30. The summed E-state index contributed by atoms with van der Waals surface area (Å²) < 4.78 is 32.3. The van der Waals surface area contributed by atoms with Gasteiger partial charge in [-0.25, -0.2) is 13.6 Å². The standard InChI is InChI=1S/C14H22F2N2O2S/c1-10(11-5-6-21-7-11)17-8-14(15,16)9-18-12(19)20-13(2,3)4/h5-7,10,17H,8-9H2,1-4H3,(H,18,19). The fourth-order valence-corrected chi connectivity index (χ4v) is 2.27. The largest absolute Gasteiger partial charge is 0.444 e. The molecule has 0 radical (unpaired) electrons. The van der Waals surface area contributed by atoms with Gasteiger partial charge >= 0.3 is 6.09 Å². The number of hydrogen-bond acceptors (Lipinski definition) is 4. The molecule has 1 aromatic heterocycles. The van der Waals surface area contributed by atoms with Crippen LogP contribution in [0.25, 0.3) is 0 Å². The van der Waals surface area contributed by atoms with Gasteiger partial charge in [-0.1, -0.05) is 0 Å². The number of alkyl carbamates (subject to hydrolysis) is 1. The van der Waals surface area contributed by atoms with Crippen LogP contribution < -0.4 is 10.6 Å². The van der Waals surface area contributed by atoms with Crippen molar-refractivity contribution in [3.8, 4) is 0 Å². The number of carbonyl (C=O) groups is 1. The van der Waals surface area contributed by atoms with Crippen LogP contribution in [0.2, 0.25) is 0 Å². The molecule has 0 fully saturated rings. The van der Waals surface area contributed by atoms with Crippen LogP contribution in [0.1, 0.15) is 39.3 Å². The Morgan fingerprint density at radius 2 is 2.05 bits per heavy atom. The Kier molecular flexibility index (Phi) is 6.10. The van der Waals surface area contributed by atoms with Crippen LogP contribution >= 0.6 is 11.3 Å². The van der Waals surface area contributed by atoms with E-state index in [1.165, 1.54) is 11.3 Å². The summed E-state index contributed by atoms with van der Waals surface area (Å²) in [5.41, 5.74) is 0.265. The highest BCUT2D eigenvalue weighted by Crippen LogP contribution is 2.18. The quantitative estimate of drug-likeness (QED) is 0.842. The topological polar surface area (TPSA) is 50.4 Å². The van der Waals surface area contributed by atoms with Crippen molar-refractivity contribution >= 4 is 17.4 Å². The van der Waals surface area contributed by atoms with Gasteiger partial charge in [-0.05, 0) is 50.1 Å². The first-order valence-corrected chi connectivity index (χ1v) is 7.63. The molecule has 2 N–H and O–H groups in total. The summed E-state index contributed by atoms with van der Waals surface area (Å²) in [7, 11) is 0. The van der Waals surface area contributed by atoms with E-state index in [-0.39, 0.29) is 6.04 Å². The van der Waals surface area contributed by atoms with E-state index in [4.69, 9.17) is 4.74 Å². The summed E-state index contributed by atoms with van der Waals surface area (Å²) in [4.78, 5) is 11.3. The molecule has 1 heterocycles. The van der Waals surface area contributed by atoms with Gasteiger partial charge in [0.15, 0.2) is 0 Å².